The van der Waals surface area contributed by atoms with Gasteiger partial charge in [-0.25, -0.2) is 15.4 Å². The first-order chi connectivity index (χ1) is 9.04. The summed E-state index contributed by atoms with van der Waals surface area (Å²) in [6.07, 6.45) is 0. The Morgan fingerprint density at radius 3 is 2.47 bits per heavy atom. The van der Waals surface area contributed by atoms with Crippen LogP contribution in [0, 0.1) is 13.8 Å². The van der Waals surface area contributed by atoms with E-state index in [1.165, 1.54) is 0 Å². The monoisotopic (exact) mass is 256 g/mol. The smallest absolute Gasteiger partial charge is 0.243 e. The number of rotatable bonds is 3. The molecule has 2 aromatic rings. The fourth-order valence-corrected chi connectivity index (χ4v) is 1.71. The van der Waals surface area contributed by atoms with Crippen molar-refractivity contribution in [3.8, 4) is 5.75 Å². The number of hydrogen-bond donors (Lipinski definition) is 2. The molecule has 0 aliphatic carbocycles. The van der Waals surface area contributed by atoms with E-state index in [4.69, 9.17) is 0 Å². The van der Waals surface area contributed by atoms with Gasteiger partial charge in [0, 0.05) is 17.0 Å². The second-order valence-electron chi connectivity index (χ2n) is 4.33. The highest BCUT2D eigenvalue weighted by molar-refractivity contribution is 5.99. The van der Waals surface area contributed by atoms with E-state index in [-0.39, 0.29) is 5.75 Å². The summed E-state index contributed by atoms with van der Waals surface area (Å²) in [7, 11) is 0. The Hall–Kier alpha value is -2.43. The SMILES string of the molecule is C/C(=N\Nc1nc(C)cc(C)n1)c1cccc(O)c1. The van der Waals surface area contributed by atoms with E-state index in [2.05, 4.69) is 20.5 Å². The van der Waals surface area contributed by atoms with Gasteiger partial charge in [0.1, 0.15) is 5.75 Å². The minimum absolute atomic E-state index is 0.217. The van der Waals surface area contributed by atoms with Crippen LogP contribution in [0.1, 0.15) is 23.9 Å². The van der Waals surface area contributed by atoms with Crippen molar-refractivity contribution >= 4 is 11.7 Å². The maximum atomic E-state index is 9.42. The molecule has 2 N–H and O–H groups in total. The lowest BCUT2D eigenvalue weighted by Gasteiger charge is -2.04. The van der Waals surface area contributed by atoms with Crippen molar-refractivity contribution in [3.05, 3.63) is 47.3 Å². The summed E-state index contributed by atoms with van der Waals surface area (Å²) in [6.45, 7) is 5.67. The standard InChI is InChI=1S/C14H16N4O/c1-9-7-10(2)16-14(15-9)18-17-11(3)12-5-4-6-13(19)8-12/h4-8,19H,1-3H3,(H,15,16,18)/b17-11+. The van der Waals surface area contributed by atoms with Gasteiger partial charge < -0.3 is 5.11 Å². The average molecular weight is 256 g/mol. The molecule has 2 rings (SSSR count). The minimum Gasteiger partial charge on any atom is -0.508 e. The third-order valence-electron chi connectivity index (χ3n) is 2.57. The Morgan fingerprint density at radius 2 is 1.84 bits per heavy atom. The molecule has 1 aromatic carbocycles. The molecule has 0 bridgehead atoms. The molecule has 0 aliphatic heterocycles. The average Bonchev–Trinajstić information content (AvgIpc) is 2.35. The number of aromatic hydroxyl groups is 1. The molecule has 0 spiro atoms. The number of anilines is 1. The molecular formula is C14H16N4O. The first-order valence-electron chi connectivity index (χ1n) is 5.96. The van der Waals surface area contributed by atoms with Crippen LogP contribution in [0.4, 0.5) is 5.95 Å². The van der Waals surface area contributed by atoms with Crippen molar-refractivity contribution in [1.29, 1.82) is 0 Å². The lowest BCUT2D eigenvalue weighted by molar-refractivity contribution is 0.475. The third kappa shape index (κ3) is 3.51. The van der Waals surface area contributed by atoms with Crippen molar-refractivity contribution < 1.29 is 5.11 Å². The van der Waals surface area contributed by atoms with Crippen molar-refractivity contribution in [3.63, 3.8) is 0 Å². The summed E-state index contributed by atoms with van der Waals surface area (Å²) < 4.78 is 0. The molecule has 0 unspecified atom stereocenters. The molecule has 0 aliphatic rings. The molecule has 0 saturated heterocycles. The number of aryl methyl sites for hydroxylation is 2. The number of nitrogens with zero attached hydrogens (tertiary/aromatic N) is 3. The summed E-state index contributed by atoms with van der Waals surface area (Å²) in [4.78, 5) is 8.48. The zero-order chi connectivity index (χ0) is 13.8. The van der Waals surface area contributed by atoms with E-state index in [0.29, 0.717) is 5.95 Å². The molecule has 0 radical (unpaired) electrons. The molecule has 0 saturated carbocycles. The Balaban J connectivity index is 2.18. The highest BCUT2D eigenvalue weighted by Gasteiger charge is 2.00. The Labute approximate surface area is 112 Å². The predicted octanol–water partition coefficient (Wildman–Crippen LogP) is 2.64. The van der Waals surface area contributed by atoms with E-state index >= 15 is 0 Å². The number of aromatic nitrogens is 2. The van der Waals surface area contributed by atoms with Gasteiger partial charge in [-0.2, -0.15) is 5.10 Å². The molecule has 19 heavy (non-hydrogen) atoms. The summed E-state index contributed by atoms with van der Waals surface area (Å²) >= 11 is 0. The summed E-state index contributed by atoms with van der Waals surface area (Å²) in [5.74, 6) is 0.687. The van der Waals surface area contributed by atoms with Gasteiger partial charge in [0.25, 0.3) is 0 Å². The molecule has 5 heteroatoms. The van der Waals surface area contributed by atoms with E-state index in [0.717, 1.165) is 22.7 Å². The van der Waals surface area contributed by atoms with Crippen LogP contribution in [0.5, 0.6) is 5.75 Å². The molecule has 5 nitrogen and oxygen atoms in total. The first kappa shape index (κ1) is 13.0. The van der Waals surface area contributed by atoms with E-state index < -0.39 is 0 Å². The zero-order valence-corrected chi connectivity index (χ0v) is 11.2. The van der Waals surface area contributed by atoms with Crippen LogP contribution in [0.2, 0.25) is 0 Å². The van der Waals surface area contributed by atoms with E-state index in [9.17, 15) is 5.11 Å². The Kier molecular flexibility index (Phi) is 3.75. The summed E-state index contributed by atoms with van der Waals surface area (Å²) in [5, 5.41) is 13.6. The van der Waals surface area contributed by atoms with Crippen LogP contribution < -0.4 is 5.43 Å². The minimum atomic E-state index is 0.217. The van der Waals surface area contributed by atoms with Crippen LogP contribution in [0.15, 0.2) is 35.4 Å². The van der Waals surface area contributed by atoms with Gasteiger partial charge in [0.15, 0.2) is 0 Å². The Bertz CT molecular complexity index is 602. The maximum Gasteiger partial charge on any atom is 0.243 e. The second kappa shape index (κ2) is 5.48. The highest BCUT2D eigenvalue weighted by atomic mass is 16.3. The largest absolute Gasteiger partial charge is 0.508 e. The molecule has 0 fully saturated rings. The first-order valence-corrected chi connectivity index (χ1v) is 5.96. The van der Waals surface area contributed by atoms with Crippen LogP contribution in [0.3, 0.4) is 0 Å². The van der Waals surface area contributed by atoms with Gasteiger partial charge in [-0.1, -0.05) is 12.1 Å². The van der Waals surface area contributed by atoms with Gasteiger partial charge in [-0.05, 0) is 39.0 Å². The van der Waals surface area contributed by atoms with Gasteiger partial charge in [-0.3, -0.25) is 0 Å². The lowest BCUT2D eigenvalue weighted by atomic mass is 10.1. The van der Waals surface area contributed by atoms with Crippen LogP contribution in [0.25, 0.3) is 0 Å². The van der Waals surface area contributed by atoms with Crippen molar-refractivity contribution in [1.82, 2.24) is 9.97 Å². The zero-order valence-electron chi connectivity index (χ0n) is 11.2. The molecule has 0 amide bonds. The quantitative estimate of drug-likeness (QED) is 0.654. The fourth-order valence-electron chi connectivity index (χ4n) is 1.71. The Morgan fingerprint density at radius 1 is 1.16 bits per heavy atom. The van der Waals surface area contributed by atoms with E-state index in [1.807, 2.05) is 32.9 Å². The van der Waals surface area contributed by atoms with Crippen molar-refractivity contribution in [2.24, 2.45) is 5.10 Å². The normalized spacial score (nSPS) is 11.4. The van der Waals surface area contributed by atoms with Gasteiger partial charge in [0.2, 0.25) is 5.95 Å². The van der Waals surface area contributed by atoms with Crippen molar-refractivity contribution in [2.45, 2.75) is 20.8 Å². The van der Waals surface area contributed by atoms with Gasteiger partial charge >= 0.3 is 0 Å². The molecule has 1 aromatic heterocycles. The number of phenols is 1. The number of hydrogen-bond acceptors (Lipinski definition) is 5. The maximum absolute atomic E-state index is 9.42. The number of phenolic OH excluding ortho intramolecular Hbond substituents is 1. The number of benzene rings is 1. The van der Waals surface area contributed by atoms with Crippen LogP contribution in [-0.2, 0) is 0 Å². The summed E-state index contributed by atoms with van der Waals surface area (Å²) in [5.41, 5.74) is 6.20. The highest BCUT2D eigenvalue weighted by Crippen LogP contribution is 2.12. The third-order valence-corrected chi connectivity index (χ3v) is 2.57. The lowest BCUT2D eigenvalue weighted by Crippen LogP contribution is -2.03. The van der Waals surface area contributed by atoms with Crippen LogP contribution >= 0.6 is 0 Å². The molecule has 0 atom stereocenters. The predicted molar refractivity (Wildman–Crippen MR) is 75.4 cm³/mol. The fraction of sp³-hybridized carbons (Fsp3) is 0.214. The van der Waals surface area contributed by atoms with Crippen molar-refractivity contribution in [2.75, 3.05) is 5.43 Å². The van der Waals surface area contributed by atoms with Crippen LogP contribution in [-0.4, -0.2) is 20.8 Å². The summed E-state index contributed by atoms with van der Waals surface area (Å²) in [6, 6.07) is 8.83. The van der Waals surface area contributed by atoms with E-state index in [1.54, 1.807) is 18.2 Å². The number of hydrazone groups is 1. The topological polar surface area (TPSA) is 70.4 Å². The number of nitrogens with one attached hydrogen (secondary N) is 1. The van der Waals surface area contributed by atoms with Gasteiger partial charge in [0.05, 0.1) is 5.71 Å². The molecule has 98 valence electrons. The second-order valence-corrected chi connectivity index (χ2v) is 4.33. The molecule has 1 heterocycles. The molecular weight excluding hydrogens is 240 g/mol. The van der Waals surface area contributed by atoms with Gasteiger partial charge in [-0.15, -0.1) is 0 Å².